The van der Waals surface area contributed by atoms with Crippen molar-refractivity contribution in [1.82, 2.24) is 24.5 Å². The van der Waals surface area contributed by atoms with E-state index in [2.05, 4.69) is 15.5 Å². The zero-order valence-electron chi connectivity index (χ0n) is 19.5. The Bertz CT molecular complexity index is 1380. The van der Waals surface area contributed by atoms with Gasteiger partial charge in [0.2, 0.25) is 10.0 Å². The Kier molecular flexibility index (Phi) is 7.28. The normalized spacial score (nSPS) is 11.4. The van der Waals surface area contributed by atoms with E-state index in [1.54, 1.807) is 32.4 Å². The molecule has 0 bridgehead atoms. The highest BCUT2D eigenvalue weighted by Crippen LogP contribution is 2.31. The summed E-state index contributed by atoms with van der Waals surface area (Å²) in [5.41, 5.74) is 2.12. The van der Waals surface area contributed by atoms with Crippen LogP contribution in [0.1, 0.15) is 11.1 Å². The third-order valence-electron chi connectivity index (χ3n) is 5.39. The molecular weight excluding hydrogens is 470 g/mol. The Morgan fingerprint density at radius 3 is 2.17 bits per heavy atom. The number of ether oxygens (including phenoxy) is 3. The van der Waals surface area contributed by atoms with Crippen molar-refractivity contribution in [2.24, 2.45) is 0 Å². The maximum Gasteiger partial charge on any atom is 0.243 e. The first-order valence-electron chi connectivity index (χ1n) is 10.6. The van der Waals surface area contributed by atoms with Gasteiger partial charge in [-0.3, -0.25) is 0 Å². The molecule has 1 heterocycles. The van der Waals surface area contributed by atoms with Crippen LogP contribution in [0.3, 0.4) is 0 Å². The van der Waals surface area contributed by atoms with Crippen LogP contribution in [0, 0.1) is 0 Å². The number of sulfonamides is 1. The molecule has 0 amide bonds. The van der Waals surface area contributed by atoms with Crippen molar-refractivity contribution >= 4 is 10.0 Å². The topological polar surface area (TPSA) is 109 Å². The van der Waals surface area contributed by atoms with Gasteiger partial charge >= 0.3 is 0 Å². The van der Waals surface area contributed by atoms with Gasteiger partial charge in [-0.05, 0) is 45.8 Å². The van der Waals surface area contributed by atoms with E-state index in [-0.39, 0.29) is 18.0 Å². The molecule has 0 saturated carbocycles. The van der Waals surface area contributed by atoms with Gasteiger partial charge in [0.15, 0.2) is 11.5 Å². The predicted octanol–water partition coefficient (Wildman–Crippen LogP) is 3.08. The van der Waals surface area contributed by atoms with Crippen LogP contribution in [-0.4, -0.2) is 54.3 Å². The second kappa shape index (κ2) is 10.5. The number of aromatic nitrogens is 4. The Morgan fingerprint density at radius 2 is 1.51 bits per heavy atom. The highest BCUT2D eigenvalue weighted by molar-refractivity contribution is 7.89. The van der Waals surface area contributed by atoms with Gasteiger partial charge in [-0.25, -0.2) is 8.42 Å². The maximum absolute atomic E-state index is 13.9. The summed E-state index contributed by atoms with van der Waals surface area (Å²) in [4.78, 5) is 0.0857. The number of hydrogen-bond donors (Lipinski definition) is 0. The smallest absolute Gasteiger partial charge is 0.243 e. The van der Waals surface area contributed by atoms with Crippen LogP contribution in [0.5, 0.6) is 17.2 Å². The Labute approximate surface area is 203 Å². The van der Waals surface area contributed by atoms with Crippen molar-refractivity contribution in [3.05, 3.63) is 84.2 Å². The van der Waals surface area contributed by atoms with Gasteiger partial charge in [0.05, 0.1) is 26.2 Å². The van der Waals surface area contributed by atoms with Crippen molar-refractivity contribution in [2.75, 3.05) is 21.3 Å². The standard InChI is InChI=1S/C24H25N5O5S/c1-32-22-12-9-19(13-24(22)34-3)16-28(15-18-7-5-4-6-8-18)35(30,31)20-10-11-21(23(14-20)33-2)29-17-25-26-27-29/h4-14,17H,15-16H2,1-3H3. The molecule has 0 radical (unpaired) electrons. The minimum absolute atomic E-state index is 0.0857. The van der Waals surface area contributed by atoms with E-state index in [0.717, 1.165) is 11.1 Å². The molecule has 0 fully saturated rings. The van der Waals surface area contributed by atoms with Crippen LogP contribution in [0.15, 0.2) is 78.0 Å². The van der Waals surface area contributed by atoms with E-state index in [1.807, 2.05) is 36.4 Å². The fourth-order valence-corrected chi connectivity index (χ4v) is 5.06. The highest BCUT2D eigenvalue weighted by Gasteiger charge is 2.27. The van der Waals surface area contributed by atoms with E-state index in [9.17, 15) is 8.42 Å². The molecule has 10 nitrogen and oxygen atoms in total. The largest absolute Gasteiger partial charge is 0.494 e. The SMILES string of the molecule is COc1ccc(CN(Cc2ccccc2)S(=O)(=O)c2ccc(-n3cnnn3)c(OC)c2)cc1OC. The van der Waals surface area contributed by atoms with Crippen molar-refractivity contribution in [2.45, 2.75) is 18.0 Å². The summed E-state index contributed by atoms with van der Waals surface area (Å²) in [5, 5.41) is 11.1. The van der Waals surface area contributed by atoms with Gasteiger partial charge in [-0.2, -0.15) is 8.99 Å². The molecule has 35 heavy (non-hydrogen) atoms. The average molecular weight is 496 g/mol. The van der Waals surface area contributed by atoms with Crippen molar-refractivity contribution in [3.63, 3.8) is 0 Å². The molecule has 3 aromatic carbocycles. The number of benzene rings is 3. The molecule has 1 aromatic heterocycles. The van der Waals surface area contributed by atoms with Gasteiger partial charge in [-0.1, -0.05) is 36.4 Å². The Hall–Kier alpha value is -3.96. The van der Waals surface area contributed by atoms with Crippen molar-refractivity contribution in [1.29, 1.82) is 0 Å². The average Bonchev–Trinajstić information content (AvgIpc) is 3.43. The van der Waals surface area contributed by atoms with Crippen molar-refractivity contribution in [3.8, 4) is 22.9 Å². The zero-order valence-corrected chi connectivity index (χ0v) is 20.3. The fraction of sp³-hybridized carbons (Fsp3) is 0.208. The molecular formula is C24H25N5O5S. The van der Waals surface area contributed by atoms with Crippen LogP contribution >= 0.6 is 0 Å². The van der Waals surface area contributed by atoms with E-state index < -0.39 is 10.0 Å². The second-order valence-electron chi connectivity index (χ2n) is 7.54. The van der Waals surface area contributed by atoms with Crippen LogP contribution in [0.4, 0.5) is 0 Å². The van der Waals surface area contributed by atoms with E-state index in [1.165, 1.54) is 34.6 Å². The third-order valence-corrected chi connectivity index (χ3v) is 7.18. The predicted molar refractivity (Wildman–Crippen MR) is 128 cm³/mol. The molecule has 11 heteroatoms. The first-order valence-corrected chi connectivity index (χ1v) is 12.1. The van der Waals surface area contributed by atoms with E-state index in [4.69, 9.17) is 14.2 Å². The quantitative estimate of drug-likeness (QED) is 0.330. The molecule has 0 saturated heterocycles. The van der Waals surface area contributed by atoms with Crippen LogP contribution in [0.2, 0.25) is 0 Å². The van der Waals surface area contributed by atoms with E-state index >= 15 is 0 Å². The van der Waals surface area contributed by atoms with E-state index in [0.29, 0.717) is 22.9 Å². The van der Waals surface area contributed by atoms with Crippen molar-refractivity contribution < 1.29 is 22.6 Å². The monoisotopic (exact) mass is 495 g/mol. The molecule has 0 aliphatic rings. The molecule has 0 aliphatic heterocycles. The summed E-state index contributed by atoms with van der Waals surface area (Å²) in [6, 6.07) is 19.4. The molecule has 0 spiro atoms. The summed E-state index contributed by atoms with van der Waals surface area (Å²) in [6.45, 7) is 0.295. The highest BCUT2D eigenvalue weighted by atomic mass is 32.2. The molecule has 0 unspecified atom stereocenters. The lowest BCUT2D eigenvalue weighted by atomic mass is 10.2. The lowest BCUT2D eigenvalue weighted by Crippen LogP contribution is -2.30. The minimum Gasteiger partial charge on any atom is -0.494 e. The maximum atomic E-state index is 13.9. The number of nitrogens with zero attached hydrogens (tertiary/aromatic N) is 5. The third kappa shape index (κ3) is 5.26. The summed E-state index contributed by atoms with van der Waals surface area (Å²) in [6.07, 6.45) is 1.41. The molecule has 182 valence electrons. The summed E-state index contributed by atoms with van der Waals surface area (Å²) in [5.74, 6) is 1.41. The molecule has 4 rings (SSSR count). The Morgan fingerprint density at radius 1 is 0.800 bits per heavy atom. The summed E-state index contributed by atoms with van der Waals surface area (Å²) >= 11 is 0. The molecule has 4 aromatic rings. The van der Waals surface area contributed by atoms with Gasteiger partial charge in [0, 0.05) is 19.2 Å². The summed E-state index contributed by atoms with van der Waals surface area (Å²) < 4.78 is 46.7. The van der Waals surface area contributed by atoms with Gasteiger partial charge in [0.25, 0.3) is 0 Å². The number of rotatable bonds is 10. The lowest BCUT2D eigenvalue weighted by Gasteiger charge is -2.23. The van der Waals surface area contributed by atoms with Gasteiger partial charge in [0.1, 0.15) is 17.8 Å². The molecule has 0 atom stereocenters. The number of methoxy groups -OCH3 is 3. The Balaban J connectivity index is 1.73. The first-order chi connectivity index (χ1) is 17.0. The second-order valence-corrected chi connectivity index (χ2v) is 9.47. The molecule has 0 N–H and O–H groups in total. The van der Waals surface area contributed by atoms with Gasteiger partial charge < -0.3 is 14.2 Å². The minimum atomic E-state index is -3.93. The van der Waals surface area contributed by atoms with Gasteiger partial charge in [-0.15, -0.1) is 5.10 Å². The number of tetrazole rings is 1. The lowest BCUT2D eigenvalue weighted by molar-refractivity contribution is 0.352. The fourth-order valence-electron chi connectivity index (χ4n) is 3.62. The van der Waals surface area contributed by atoms with Crippen LogP contribution in [-0.2, 0) is 23.1 Å². The van der Waals surface area contributed by atoms with Crippen LogP contribution < -0.4 is 14.2 Å². The first kappa shape index (κ1) is 24.2. The number of hydrogen-bond acceptors (Lipinski definition) is 8. The summed E-state index contributed by atoms with van der Waals surface area (Å²) in [7, 11) is 0.625. The van der Waals surface area contributed by atoms with Crippen LogP contribution in [0.25, 0.3) is 5.69 Å². The molecule has 0 aliphatic carbocycles. The zero-order chi connectivity index (χ0) is 24.8.